The van der Waals surface area contributed by atoms with Crippen LogP contribution < -0.4 is 11.1 Å². The number of hydrogen-bond donors (Lipinski definition) is 2. The predicted molar refractivity (Wildman–Crippen MR) is 54.4 cm³/mol. The number of amides is 1. The number of nitrogens with one attached hydrogen (secondary N) is 1. The van der Waals surface area contributed by atoms with E-state index in [0.29, 0.717) is 15.7 Å². The Morgan fingerprint density at radius 2 is 2.43 bits per heavy atom. The molecule has 72 valence electrons. The number of thiophene rings is 1. The third-order valence-electron chi connectivity index (χ3n) is 1.42. The molecule has 0 spiro atoms. The molecule has 14 heavy (non-hydrogen) atoms. The van der Waals surface area contributed by atoms with Gasteiger partial charge in [0, 0.05) is 11.5 Å². The molecule has 2 aromatic heterocycles. The molecule has 2 rings (SSSR count). The number of aromatic nitrogens is 3. The maximum absolute atomic E-state index is 11.5. The van der Waals surface area contributed by atoms with E-state index in [1.54, 1.807) is 11.4 Å². The summed E-state index contributed by atoms with van der Waals surface area (Å²) >= 11 is 2.29. The van der Waals surface area contributed by atoms with Crippen molar-refractivity contribution >= 4 is 39.6 Å². The van der Waals surface area contributed by atoms with Crippen LogP contribution in [0, 0.1) is 0 Å². The zero-order valence-corrected chi connectivity index (χ0v) is 8.43. The zero-order chi connectivity index (χ0) is 9.97. The molecule has 0 fully saturated rings. The fraction of sp³-hybridized carbons (Fsp3) is 0. The lowest BCUT2D eigenvalue weighted by atomic mass is 10.4. The molecule has 8 heteroatoms. The normalized spacial score (nSPS) is 10.0. The summed E-state index contributed by atoms with van der Waals surface area (Å²) in [7, 11) is 0. The molecule has 2 heterocycles. The van der Waals surface area contributed by atoms with Gasteiger partial charge in [-0.05, 0) is 16.7 Å². The van der Waals surface area contributed by atoms with Gasteiger partial charge in [-0.3, -0.25) is 10.1 Å². The molecule has 1 amide bonds. The summed E-state index contributed by atoms with van der Waals surface area (Å²) in [5.74, 6) is -0.281. The van der Waals surface area contributed by atoms with Crippen LogP contribution in [-0.4, -0.2) is 20.7 Å². The van der Waals surface area contributed by atoms with Crippen molar-refractivity contribution in [3.63, 3.8) is 0 Å². The third kappa shape index (κ3) is 1.70. The van der Waals surface area contributed by atoms with Crippen LogP contribution in [0.2, 0.25) is 0 Å². The van der Waals surface area contributed by atoms with Gasteiger partial charge in [0.2, 0.25) is 5.13 Å². The maximum atomic E-state index is 11.5. The minimum Gasteiger partial charge on any atom is -0.397 e. The lowest BCUT2D eigenvalue weighted by molar-refractivity contribution is 0.103. The van der Waals surface area contributed by atoms with E-state index >= 15 is 0 Å². The highest BCUT2D eigenvalue weighted by Gasteiger charge is 2.12. The first-order valence-corrected chi connectivity index (χ1v) is 5.22. The van der Waals surface area contributed by atoms with Crippen molar-refractivity contribution in [3.8, 4) is 0 Å². The van der Waals surface area contributed by atoms with Crippen LogP contribution in [0.25, 0.3) is 0 Å². The van der Waals surface area contributed by atoms with E-state index in [-0.39, 0.29) is 5.91 Å². The molecule has 0 atom stereocenters. The Hall–Kier alpha value is -1.54. The third-order valence-corrected chi connectivity index (χ3v) is 2.86. The van der Waals surface area contributed by atoms with Crippen LogP contribution in [-0.2, 0) is 0 Å². The molecule has 0 aliphatic heterocycles. The summed E-state index contributed by atoms with van der Waals surface area (Å²) < 4.78 is 3.52. The van der Waals surface area contributed by atoms with E-state index < -0.39 is 0 Å². The van der Waals surface area contributed by atoms with Crippen LogP contribution in [0.1, 0.15) is 9.67 Å². The number of hydrogen-bond acceptors (Lipinski definition) is 7. The summed E-state index contributed by atoms with van der Waals surface area (Å²) in [6, 6.07) is 1.68. The molecular weight excluding hydrogens is 222 g/mol. The van der Waals surface area contributed by atoms with E-state index in [9.17, 15) is 4.79 Å². The molecule has 2 aromatic rings. The van der Waals surface area contributed by atoms with Crippen molar-refractivity contribution in [2.75, 3.05) is 11.1 Å². The maximum Gasteiger partial charge on any atom is 0.269 e. The molecule has 0 unspecified atom stereocenters. The lowest BCUT2D eigenvalue weighted by Crippen LogP contribution is -2.11. The molecule has 0 saturated carbocycles. The molecule has 0 saturated heterocycles. The number of anilines is 2. The Morgan fingerprint density at radius 3 is 3.00 bits per heavy atom. The smallest absolute Gasteiger partial charge is 0.269 e. The second kappa shape index (κ2) is 3.68. The van der Waals surface area contributed by atoms with Gasteiger partial charge in [-0.25, -0.2) is 0 Å². The summed E-state index contributed by atoms with van der Waals surface area (Å²) in [5.41, 5.74) is 6.03. The molecule has 0 aliphatic rings. The van der Waals surface area contributed by atoms with Crippen molar-refractivity contribution in [2.24, 2.45) is 0 Å². The SMILES string of the molecule is Nc1ccsc1C(=O)Nc1nnns1. The van der Waals surface area contributed by atoms with E-state index in [0.717, 1.165) is 11.5 Å². The number of nitrogens with zero attached hydrogens (tertiary/aromatic N) is 3. The molecule has 0 bridgehead atoms. The van der Waals surface area contributed by atoms with Crippen LogP contribution in [0.3, 0.4) is 0 Å². The molecule has 0 aliphatic carbocycles. The Bertz CT molecular complexity index is 437. The average Bonchev–Trinajstić information content (AvgIpc) is 2.75. The topological polar surface area (TPSA) is 93.8 Å². The quantitative estimate of drug-likeness (QED) is 0.792. The van der Waals surface area contributed by atoms with Crippen LogP contribution in [0.15, 0.2) is 11.4 Å². The first-order chi connectivity index (χ1) is 6.77. The highest BCUT2D eigenvalue weighted by Crippen LogP contribution is 2.20. The van der Waals surface area contributed by atoms with Gasteiger partial charge < -0.3 is 5.73 Å². The minimum atomic E-state index is -0.281. The molecular formula is C6H5N5OS2. The van der Waals surface area contributed by atoms with Crippen LogP contribution >= 0.6 is 22.9 Å². The number of nitrogen functional groups attached to an aromatic ring is 1. The van der Waals surface area contributed by atoms with Gasteiger partial charge in [0.1, 0.15) is 4.88 Å². The van der Waals surface area contributed by atoms with Crippen molar-refractivity contribution in [1.29, 1.82) is 0 Å². The standard InChI is InChI=1S/C6H5N5OS2/c7-3-1-2-13-4(3)5(12)8-6-9-10-11-14-6/h1-2H,7H2,(H,8,9,11,12). The Labute approximate surface area is 86.9 Å². The van der Waals surface area contributed by atoms with Gasteiger partial charge in [0.05, 0.1) is 5.69 Å². The van der Waals surface area contributed by atoms with Gasteiger partial charge in [0.25, 0.3) is 5.91 Å². The Balaban J connectivity index is 2.14. The van der Waals surface area contributed by atoms with Gasteiger partial charge in [-0.1, -0.05) is 9.59 Å². The van der Waals surface area contributed by atoms with Crippen LogP contribution in [0.5, 0.6) is 0 Å². The second-order valence-electron chi connectivity index (χ2n) is 2.33. The number of carbonyl (C=O) groups excluding carboxylic acids is 1. The second-order valence-corrected chi connectivity index (χ2v) is 3.98. The highest BCUT2D eigenvalue weighted by atomic mass is 32.1. The monoisotopic (exact) mass is 227 g/mol. The van der Waals surface area contributed by atoms with Crippen molar-refractivity contribution < 1.29 is 4.79 Å². The summed E-state index contributed by atoms with van der Waals surface area (Å²) in [5, 5.41) is 11.6. The van der Waals surface area contributed by atoms with E-state index in [1.807, 2.05) is 0 Å². The van der Waals surface area contributed by atoms with Crippen molar-refractivity contribution in [3.05, 3.63) is 16.3 Å². The summed E-state index contributed by atoms with van der Waals surface area (Å²) in [4.78, 5) is 12.0. The van der Waals surface area contributed by atoms with Gasteiger partial charge in [0.15, 0.2) is 0 Å². The minimum absolute atomic E-state index is 0.281. The first kappa shape index (κ1) is 9.03. The van der Waals surface area contributed by atoms with Crippen molar-refractivity contribution in [2.45, 2.75) is 0 Å². The summed E-state index contributed by atoms with van der Waals surface area (Å²) in [6.45, 7) is 0. The lowest BCUT2D eigenvalue weighted by Gasteiger charge is -1.97. The molecule has 6 nitrogen and oxygen atoms in total. The first-order valence-electron chi connectivity index (χ1n) is 3.56. The molecule has 3 N–H and O–H groups in total. The van der Waals surface area contributed by atoms with E-state index in [2.05, 4.69) is 20.1 Å². The van der Waals surface area contributed by atoms with Crippen molar-refractivity contribution in [1.82, 2.24) is 14.8 Å². The van der Waals surface area contributed by atoms with Gasteiger partial charge >= 0.3 is 0 Å². The predicted octanol–water partition coefficient (Wildman–Crippen LogP) is 0.829. The highest BCUT2D eigenvalue weighted by molar-refractivity contribution is 7.13. The fourth-order valence-electron chi connectivity index (χ4n) is 0.839. The van der Waals surface area contributed by atoms with E-state index in [1.165, 1.54) is 11.3 Å². The fourth-order valence-corrected chi connectivity index (χ4v) is 1.91. The summed E-state index contributed by atoms with van der Waals surface area (Å²) in [6.07, 6.45) is 0. The van der Waals surface area contributed by atoms with E-state index in [4.69, 9.17) is 5.73 Å². The van der Waals surface area contributed by atoms with Crippen LogP contribution in [0.4, 0.5) is 10.8 Å². The number of nitrogens with two attached hydrogens (primary N) is 1. The largest absolute Gasteiger partial charge is 0.397 e. The average molecular weight is 227 g/mol. The molecule has 0 radical (unpaired) electrons. The number of rotatable bonds is 2. The van der Waals surface area contributed by atoms with Gasteiger partial charge in [-0.15, -0.1) is 11.3 Å². The number of carbonyl (C=O) groups is 1. The molecule has 0 aromatic carbocycles. The van der Waals surface area contributed by atoms with Gasteiger partial charge in [-0.2, -0.15) is 0 Å². The Kier molecular flexibility index (Phi) is 2.37. The zero-order valence-electron chi connectivity index (χ0n) is 6.80. The Morgan fingerprint density at radius 1 is 1.57 bits per heavy atom.